The molecule has 0 aromatic heterocycles. The summed E-state index contributed by atoms with van der Waals surface area (Å²) in [6.45, 7) is 19.0. The first-order chi connectivity index (χ1) is 8.10. The van der Waals surface area contributed by atoms with Crippen molar-refractivity contribution in [2.24, 2.45) is 22.7 Å². The average Bonchev–Trinajstić information content (AvgIpc) is 2.28. The van der Waals surface area contributed by atoms with E-state index in [9.17, 15) is 0 Å². The zero-order chi connectivity index (χ0) is 14.1. The molecule has 137 valence electrons. The van der Waals surface area contributed by atoms with Crippen LogP contribution >= 0.6 is 0 Å². The van der Waals surface area contributed by atoms with Crippen molar-refractivity contribution in [3.8, 4) is 0 Å². The summed E-state index contributed by atoms with van der Waals surface area (Å²) in [7, 11) is 0. The SMILES string of the molecule is C[C-](C)C(C)(C)C1CCC(C(C)(C)[C-](C)C)CC1.[CH3-].[CH3-].[V+2].[V].[V]. The molecule has 3 radical (unpaired) electrons. The van der Waals surface area contributed by atoms with Crippen molar-refractivity contribution in [2.45, 2.75) is 81.1 Å². The van der Waals surface area contributed by atoms with Gasteiger partial charge in [-0.15, -0.1) is 0 Å². The van der Waals surface area contributed by atoms with Gasteiger partial charge in [0.25, 0.3) is 0 Å². The maximum Gasteiger partial charge on any atom is 2.00 e. The van der Waals surface area contributed by atoms with E-state index >= 15 is 0 Å². The zero-order valence-corrected chi connectivity index (χ0v) is 21.5. The molecule has 1 aliphatic rings. The fourth-order valence-corrected chi connectivity index (χ4v) is 3.35. The molecule has 0 aromatic rings. The van der Waals surface area contributed by atoms with Crippen LogP contribution in [0.1, 0.15) is 81.1 Å². The summed E-state index contributed by atoms with van der Waals surface area (Å²) in [6.07, 6.45) is 5.66. The monoisotopic (exact) mass is 433 g/mol. The summed E-state index contributed by atoms with van der Waals surface area (Å²) in [5.41, 5.74) is 0.861. The van der Waals surface area contributed by atoms with Crippen LogP contribution in [0.2, 0.25) is 0 Å². The maximum absolute atomic E-state index is 2.44. The number of hydrogen-bond donors (Lipinski definition) is 0. The minimum absolute atomic E-state index is 0. The fraction of sp³-hybridized carbons (Fsp3) is 0.800. The topological polar surface area (TPSA) is 0 Å². The Kier molecular flexibility index (Phi) is 21.6. The van der Waals surface area contributed by atoms with Gasteiger partial charge in [-0.25, -0.2) is 0 Å². The molecule has 0 nitrogen and oxygen atoms in total. The predicted octanol–water partition coefficient (Wildman–Crippen LogP) is 6.97. The van der Waals surface area contributed by atoms with Gasteiger partial charge in [0.1, 0.15) is 0 Å². The fourth-order valence-electron chi connectivity index (χ4n) is 3.35. The molecule has 1 aliphatic carbocycles. The normalized spacial score (nSPS) is 21.1. The smallest absolute Gasteiger partial charge is 0.358 e. The molecule has 1 saturated carbocycles. The molecule has 0 bridgehead atoms. The van der Waals surface area contributed by atoms with Crippen LogP contribution in [0.3, 0.4) is 0 Å². The van der Waals surface area contributed by atoms with E-state index in [4.69, 9.17) is 0 Å². The maximum atomic E-state index is 2.44. The average molecular weight is 433 g/mol. The first kappa shape index (κ1) is 35.8. The summed E-state index contributed by atoms with van der Waals surface area (Å²) in [6, 6.07) is 0. The third-order valence-electron chi connectivity index (χ3n) is 6.35. The van der Waals surface area contributed by atoms with Crippen molar-refractivity contribution < 1.29 is 55.7 Å². The van der Waals surface area contributed by atoms with Crippen molar-refractivity contribution >= 4 is 0 Å². The Morgan fingerprint density at radius 1 is 0.609 bits per heavy atom. The second kappa shape index (κ2) is 13.9. The Balaban J connectivity index is -0.000000216. The molecule has 0 aliphatic heterocycles. The van der Waals surface area contributed by atoms with Gasteiger partial charge >= 0.3 is 18.6 Å². The molecular weight excluding hydrogens is 393 g/mol. The third kappa shape index (κ3) is 8.79. The van der Waals surface area contributed by atoms with Crippen LogP contribution in [0, 0.1) is 49.4 Å². The molecule has 0 atom stereocenters. The quantitative estimate of drug-likeness (QED) is 0.420. The second-order valence-corrected chi connectivity index (χ2v) is 7.99. The van der Waals surface area contributed by atoms with Crippen molar-refractivity contribution in [2.75, 3.05) is 0 Å². The van der Waals surface area contributed by atoms with Gasteiger partial charge in [0.05, 0.1) is 0 Å². The van der Waals surface area contributed by atoms with Crippen molar-refractivity contribution in [1.29, 1.82) is 0 Å². The van der Waals surface area contributed by atoms with Crippen LogP contribution in [-0.4, -0.2) is 0 Å². The van der Waals surface area contributed by atoms with E-state index < -0.39 is 0 Å². The van der Waals surface area contributed by atoms with E-state index in [1.807, 2.05) is 0 Å². The second-order valence-electron chi connectivity index (χ2n) is 7.99. The molecule has 0 unspecified atom stereocenters. The third-order valence-corrected chi connectivity index (χ3v) is 6.35. The van der Waals surface area contributed by atoms with E-state index in [1.54, 1.807) is 11.8 Å². The van der Waals surface area contributed by atoms with Crippen LogP contribution < -0.4 is 0 Å². The first-order valence-electron chi connectivity index (χ1n) is 7.71. The molecule has 23 heavy (non-hydrogen) atoms. The molecule has 0 spiro atoms. The Morgan fingerprint density at radius 3 is 0.913 bits per heavy atom. The van der Waals surface area contributed by atoms with Gasteiger partial charge in [-0.3, -0.25) is 0 Å². The van der Waals surface area contributed by atoms with Crippen molar-refractivity contribution in [3.05, 3.63) is 26.7 Å². The molecule has 0 aromatic carbocycles. The molecule has 1 fully saturated rings. The first-order valence-corrected chi connectivity index (χ1v) is 7.71. The summed E-state index contributed by atoms with van der Waals surface area (Å²) >= 11 is 0. The van der Waals surface area contributed by atoms with Gasteiger partial charge in [0.15, 0.2) is 0 Å². The molecule has 1 rings (SSSR count). The number of rotatable bonds is 4. The molecule has 0 amide bonds. The standard InChI is InChI=1S/C18H34.2CH3.3V/c1-13(2)17(5,6)15-9-11-16(12-10-15)18(7,8)14(3)4;;;;;/h15-16H,9-12H2,1-8H3;2*1H3;;;/q-2;2*-1;;;+2. The van der Waals surface area contributed by atoms with Crippen molar-refractivity contribution in [1.82, 2.24) is 0 Å². The van der Waals surface area contributed by atoms with Crippen LogP contribution in [0.5, 0.6) is 0 Å². The largest absolute Gasteiger partial charge is 2.00 e. The zero-order valence-electron chi connectivity index (χ0n) is 17.3. The summed E-state index contributed by atoms with van der Waals surface area (Å²) in [4.78, 5) is 0. The van der Waals surface area contributed by atoms with Crippen molar-refractivity contribution in [3.63, 3.8) is 0 Å². The van der Waals surface area contributed by atoms with Gasteiger partial charge in [-0.1, -0.05) is 65.2 Å². The van der Waals surface area contributed by atoms with Gasteiger partial charge in [0, 0.05) is 37.1 Å². The van der Waals surface area contributed by atoms with Crippen LogP contribution in [0.25, 0.3) is 0 Å². The predicted molar refractivity (Wildman–Crippen MR) is 95.0 cm³/mol. The molecule has 0 N–H and O–H groups in total. The minimum atomic E-state index is 0. The Morgan fingerprint density at radius 2 is 0.783 bits per heavy atom. The summed E-state index contributed by atoms with van der Waals surface area (Å²) in [5.74, 6) is 4.99. The Labute approximate surface area is 185 Å². The molecule has 0 heterocycles. The minimum Gasteiger partial charge on any atom is -0.358 e. The van der Waals surface area contributed by atoms with E-state index in [2.05, 4.69) is 55.4 Å². The van der Waals surface area contributed by atoms with Crippen LogP contribution in [0.15, 0.2) is 0 Å². The van der Waals surface area contributed by atoms with E-state index in [0.29, 0.717) is 10.8 Å². The van der Waals surface area contributed by atoms with Gasteiger partial charge in [-0.2, -0.15) is 38.5 Å². The van der Waals surface area contributed by atoms with E-state index in [1.165, 1.54) is 25.7 Å². The van der Waals surface area contributed by atoms with Gasteiger partial charge in [-0.05, 0) is 0 Å². The molecule has 3 heteroatoms. The molecular formula is C20H40V3-2. The van der Waals surface area contributed by atoms with Gasteiger partial charge < -0.3 is 26.7 Å². The summed E-state index contributed by atoms with van der Waals surface area (Å²) < 4.78 is 0. The van der Waals surface area contributed by atoms with Gasteiger partial charge in [0.2, 0.25) is 0 Å². The van der Waals surface area contributed by atoms with Crippen LogP contribution in [0.4, 0.5) is 0 Å². The number of hydrogen-bond acceptors (Lipinski definition) is 0. The van der Waals surface area contributed by atoms with E-state index in [0.717, 1.165) is 11.8 Å². The van der Waals surface area contributed by atoms with E-state index in [-0.39, 0.29) is 70.5 Å². The molecule has 0 saturated heterocycles. The van der Waals surface area contributed by atoms with Crippen LogP contribution in [-0.2, 0) is 55.7 Å². The summed E-state index contributed by atoms with van der Waals surface area (Å²) in [5, 5.41) is 0. The Hall–Kier alpha value is 1.75. The Bertz CT molecular complexity index is 234.